The third-order valence-corrected chi connectivity index (χ3v) is 7.31. The van der Waals surface area contributed by atoms with Crippen LogP contribution in [0.3, 0.4) is 0 Å². The van der Waals surface area contributed by atoms with Gasteiger partial charge in [0.05, 0.1) is 18.1 Å². The highest BCUT2D eigenvalue weighted by Gasteiger charge is 2.25. The Morgan fingerprint density at radius 2 is 1.81 bits per heavy atom. The predicted octanol–water partition coefficient (Wildman–Crippen LogP) is 2.20. The first-order chi connectivity index (χ1) is 14.9. The quantitative estimate of drug-likeness (QED) is 0.741. The summed E-state index contributed by atoms with van der Waals surface area (Å²) < 4.78 is 33.6. The number of carbonyl (C=O) groups excluding carboxylic acids is 1. The van der Waals surface area contributed by atoms with E-state index in [-0.39, 0.29) is 10.8 Å². The molecule has 31 heavy (non-hydrogen) atoms. The van der Waals surface area contributed by atoms with Crippen LogP contribution in [0.15, 0.2) is 47.4 Å². The van der Waals surface area contributed by atoms with E-state index in [2.05, 4.69) is 9.62 Å². The largest absolute Gasteiger partial charge is 0.379 e. The van der Waals surface area contributed by atoms with Gasteiger partial charge in [0.25, 0.3) is 5.91 Å². The van der Waals surface area contributed by atoms with E-state index in [0.29, 0.717) is 38.4 Å². The van der Waals surface area contributed by atoms with E-state index in [1.807, 2.05) is 31.2 Å². The van der Waals surface area contributed by atoms with Crippen LogP contribution in [-0.2, 0) is 21.2 Å². The lowest BCUT2D eigenvalue weighted by Crippen LogP contribution is -2.41. The highest BCUT2D eigenvalue weighted by molar-refractivity contribution is 7.89. The van der Waals surface area contributed by atoms with Crippen LogP contribution in [0.2, 0.25) is 0 Å². The van der Waals surface area contributed by atoms with E-state index in [0.717, 1.165) is 42.7 Å². The Balaban J connectivity index is 1.47. The number of ether oxygens (including phenoxy) is 1. The van der Waals surface area contributed by atoms with E-state index < -0.39 is 10.0 Å². The molecule has 2 aromatic rings. The molecule has 0 unspecified atom stereocenters. The normalized spacial score (nSPS) is 17.4. The number of hydrogen-bond acceptors (Lipinski definition) is 5. The molecule has 1 fully saturated rings. The zero-order valence-electron chi connectivity index (χ0n) is 17.8. The monoisotopic (exact) mass is 443 g/mol. The molecule has 4 rings (SSSR count). The number of nitrogens with one attached hydrogen (secondary N) is 1. The standard InChI is InChI=1S/C23H29N3O4S/c1-18-4-6-19(7-5-18)23(27)26-11-2-3-20-17-21(8-9-22(20)26)31(28,29)24-10-12-25-13-15-30-16-14-25/h4-9,17,24H,2-3,10-16H2,1H3. The number of morpholine rings is 1. The highest BCUT2D eigenvalue weighted by Crippen LogP contribution is 2.30. The highest BCUT2D eigenvalue weighted by atomic mass is 32.2. The summed E-state index contributed by atoms with van der Waals surface area (Å²) in [5.41, 5.74) is 3.43. The molecule has 0 atom stereocenters. The van der Waals surface area contributed by atoms with Crippen molar-refractivity contribution in [3.63, 3.8) is 0 Å². The molecule has 1 saturated heterocycles. The van der Waals surface area contributed by atoms with E-state index in [1.54, 1.807) is 23.1 Å². The molecule has 0 spiro atoms. The fraction of sp³-hybridized carbons (Fsp3) is 0.435. The van der Waals surface area contributed by atoms with Crippen LogP contribution in [0.4, 0.5) is 5.69 Å². The lowest BCUT2D eigenvalue weighted by Gasteiger charge is -2.30. The predicted molar refractivity (Wildman–Crippen MR) is 120 cm³/mol. The fourth-order valence-corrected chi connectivity index (χ4v) is 5.12. The molecule has 7 nitrogen and oxygen atoms in total. The third kappa shape index (κ3) is 5.15. The van der Waals surface area contributed by atoms with E-state index >= 15 is 0 Å². The summed E-state index contributed by atoms with van der Waals surface area (Å²) in [5.74, 6) is -0.0554. The van der Waals surface area contributed by atoms with Gasteiger partial charge in [0, 0.05) is 44.0 Å². The molecule has 2 aromatic carbocycles. The van der Waals surface area contributed by atoms with Gasteiger partial charge in [-0.25, -0.2) is 13.1 Å². The molecule has 2 aliphatic heterocycles. The molecule has 0 aromatic heterocycles. The number of sulfonamides is 1. The van der Waals surface area contributed by atoms with Crippen molar-refractivity contribution in [1.29, 1.82) is 0 Å². The van der Waals surface area contributed by atoms with Gasteiger partial charge >= 0.3 is 0 Å². The van der Waals surface area contributed by atoms with Gasteiger partial charge in [-0.15, -0.1) is 0 Å². The first-order valence-electron chi connectivity index (χ1n) is 10.8. The Morgan fingerprint density at radius 3 is 2.55 bits per heavy atom. The molecule has 0 aliphatic carbocycles. The number of hydrogen-bond donors (Lipinski definition) is 1. The van der Waals surface area contributed by atoms with Gasteiger partial charge in [0.15, 0.2) is 0 Å². The fourth-order valence-electron chi connectivity index (χ4n) is 4.05. The first-order valence-corrected chi connectivity index (χ1v) is 12.2. The van der Waals surface area contributed by atoms with Crippen molar-refractivity contribution in [2.24, 2.45) is 0 Å². The summed E-state index contributed by atoms with van der Waals surface area (Å²) in [6.07, 6.45) is 1.56. The summed E-state index contributed by atoms with van der Waals surface area (Å²) in [6, 6.07) is 12.6. The summed E-state index contributed by atoms with van der Waals surface area (Å²) >= 11 is 0. The van der Waals surface area contributed by atoms with Gasteiger partial charge in [-0.2, -0.15) is 0 Å². The number of fused-ring (bicyclic) bond motifs is 1. The van der Waals surface area contributed by atoms with E-state index in [4.69, 9.17) is 4.74 Å². The second-order valence-electron chi connectivity index (χ2n) is 8.07. The van der Waals surface area contributed by atoms with Crippen LogP contribution >= 0.6 is 0 Å². The Labute approximate surface area is 184 Å². The average Bonchev–Trinajstić information content (AvgIpc) is 2.79. The minimum atomic E-state index is -3.60. The van der Waals surface area contributed by atoms with E-state index in [9.17, 15) is 13.2 Å². The molecule has 1 N–H and O–H groups in total. The molecule has 0 radical (unpaired) electrons. The van der Waals surface area contributed by atoms with E-state index in [1.165, 1.54) is 0 Å². The summed E-state index contributed by atoms with van der Waals surface area (Å²) in [5, 5.41) is 0. The Hall–Kier alpha value is -2.26. The van der Waals surface area contributed by atoms with Gasteiger partial charge in [0.2, 0.25) is 10.0 Å². The van der Waals surface area contributed by atoms with Gasteiger partial charge in [0.1, 0.15) is 0 Å². The van der Waals surface area contributed by atoms with Crippen LogP contribution < -0.4 is 9.62 Å². The molecule has 0 bridgehead atoms. The number of benzene rings is 2. The van der Waals surface area contributed by atoms with Crippen LogP contribution in [0, 0.1) is 6.92 Å². The van der Waals surface area contributed by atoms with Crippen molar-refractivity contribution in [3.05, 3.63) is 59.2 Å². The number of nitrogens with zero attached hydrogens (tertiary/aromatic N) is 2. The van der Waals surface area contributed by atoms with Gasteiger partial charge in [-0.1, -0.05) is 17.7 Å². The maximum atomic E-state index is 13.0. The lowest BCUT2D eigenvalue weighted by molar-refractivity contribution is 0.0390. The van der Waals surface area contributed by atoms with Crippen LogP contribution in [0.1, 0.15) is 27.9 Å². The molecule has 2 aliphatic rings. The Morgan fingerprint density at radius 1 is 1.06 bits per heavy atom. The first kappa shape index (κ1) is 22.0. The number of carbonyl (C=O) groups is 1. The van der Waals surface area contributed by atoms with Crippen LogP contribution in [0.25, 0.3) is 0 Å². The summed E-state index contributed by atoms with van der Waals surface area (Å²) in [7, 11) is -3.60. The SMILES string of the molecule is Cc1ccc(C(=O)N2CCCc3cc(S(=O)(=O)NCCN4CCOCC4)ccc32)cc1. The number of anilines is 1. The molecule has 166 valence electrons. The Kier molecular flexibility index (Phi) is 6.71. The Bertz CT molecular complexity index is 1030. The number of amides is 1. The van der Waals surface area contributed by atoms with Gasteiger partial charge in [-0.3, -0.25) is 9.69 Å². The van der Waals surface area contributed by atoms with Crippen molar-refractivity contribution >= 4 is 21.6 Å². The maximum absolute atomic E-state index is 13.0. The second kappa shape index (κ2) is 9.48. The molecular formula is C23H29N3O4S. The maximum Gasteiger partial charge on any atom is 0.258 e. The van der Waals surface area contributed by atoms with Crippen molar-refractivity contribution in [2.75, 3.05) is 50.8 Å². The average molecular weight is 444 g/mol. The zero-order valence-corrected chi connectivity index (χ0v) is 18.7. The number of rotatable bonds is 6. The number of aryl methyl sites for hydroxylation is 2. The molecule has 1 amide bonds. The van der Waals surface area contributed by atoms with Crippen LogP contribution in [-0.4, -0.2) is 65.2 Å². The summed E-state index contributed by atoms with van der Waals surface area (Å²) in [4.78, 5) is 17.2. The third-order valence-electron chi connectivity index (χ3n) is 5.85. The van der Waals surface area contributed by atoms with Crippen molar-refractivity contribution in [1.82, 2.24) is 9.62 Å². The minimum absolute atomic E-state index is 0.0554. The second-order valence-corrected chi connectivity index (χ2v) is 9.84. The molecule has 2 heterocycles. The zero-order chi connectivity index (χ0) is 21.8. The summed E-state index contributed by atoms with van der Waals surface area (Å²) in [6.45, 7) is 6.66. The molecular weight excluding hydrogens is 414 g/mol. The van der Waals surface area contributed by atoms with Gasteiger partial charge in [-0.05, 0) is 55.7 Å². The van der Waals surface area contributed by atoms with Crippen LogP contribution in [0.5, 0.6) is 0 Å². The van der Waals surface area contributed by atoms with Crippen molar-refractivity contribution in [3.8, 4) is 0 Å². The minimum Gasteiger partial charge on any atom is -0.379 e. The smallest absolute Gasteiger partial charge is 0.258 e. The van der Waals surface area contributed by atoms with Gasteiger partial charge < -0.3 is 9.64 Å². The van der Waals surface area contributed by atoms with Crippen molar-refractivity contribution < 1.29 is 17.9 Å². The topological polar surface area (TPSA) is 79.0 Å². The lowest BCUT2D eigenvalue weighted by atomic mass is 10.0. The van der Waals surface area contributed by atoms with Crippen molar-refractivity contribution in [2.45, 2.75) is 24.7 Å². The molecule has 8 heteroatoms. The molecule has 0 saturated carbocycles.